The zero-order chi connectivity index (χ0) is 20.6. The third-order valence-corrected chi connectivity index (χ3v) is 7.88. The summed E-state index contributed by atoms with van der Waals surface area (Å²) in [5, 5.41) is 5.38. The maximum Gasteiger partial charge on any atom is 0.264 e. The summed E-state index contributed by atoms with van der Waals surface area (Å²) in [5.41, 5.74) is 2.55. The van der Waals surface area contributed by atoms with E-state index in [4.69, 9.17) is 0 Å². The average molecular weight is 474 g/mol. The van der Waals surface area contributed by atoms with Crippen molar-refractivity contribution in [3.05, 3.63) is 64.6 Å². The maximum absolute atomic E-state index is 13.4. The highest BCUT2D eigenvalue weighted by Gasteiger charge is 2.25. The number of sulfonamides is 1. The van der Waals surface area contributed by atoms with E-state index in [2.05, 4.69) is 32.2 Å². The Kier molecular flexibility index (Phi) is 5.55. The second kappa shape index (κ2) is 7.97. The largest absolute Gasteiger partial charge is 0.368 e. The Hall–Kier alpha value is -2.09. The van der Waals surface area contributed by atoms with Crippen molar-refractivity contribution in [3.63, 3.8) is 0 Å². The van der Waals surface area contributed by atoms with Gasteiger partial charge in [-0.15, -0.1) is 0 Å². The minimum atomic E-state index is -3.68. The van der Waals surface area contributed by atoms with Gasteiger partial charge in [-0.05, 0) is 42.8 Å². The Labute approximate surface area is 180 Å². The molecule has 3 aromatic rings. The van der Waals surface area contributed by atoms with Gasteiger partial charge >= 0.3 is 0 Å². The predicted molar refractivity (Wildman–Crippen MR) is 123 cm³/mol. The second-order valence-corrected chi connectivity index (χ2v) is 10.1. The number of nitrogens with one attached hydrogen (secondary N) is 1. The molecule has 7 heteroatoms. The van der Waals surface area contributed by atoms with Crippen molar-refractivity contribution in [2.24, 2.45) is 0 Å². The molecular weight excluding hydrogens is 450 g/mol. The van der Waals surface area contributed by atoms with Gasteiger partial charge in [-0.3, -0.25) is 4.31 Å². The van der Waals surface area contributed by atoms with Crippen LogP contribution in [0, 0.1) is 6.92 Å². The molecule has 1 aliphatic heterocycles. The molecule has 152 valence electrons. The molecule has 0 aromatic heterocycles. The van der Waals surface area contributed by atoms with E-state index < -0.39 is 10.0 Å². The third-order valence-electron chi connectivity index (χ3n) is 5.45. The number of aryl methyl sites for hydroxylation is 1. The van der Waals surface area contributed by atoms with E-state index in [1.165, 1.54) is 4.31 Å². The fourth-order valence-electron chi connectivity index (χ4n) is 3.90. The van der Waals surface area contributed by atoms with E-state index in [1.54, 1.807) is 19.2 Å². The number of anilines is 2. The Morgan fingerprint density at radius 1 is 1.00 bits per heavy atom. The predicted octanol–water partition coefficient (Wildman–Crippen LogP) is 4.15. The zero-order valence-electron chi connectivity index (χ0n) is 16.5. The first-order valence-electron chi connectivity index (χ1n) is 9.62. The van der Waals surface area contributed by atoms with Crippen LogP contribution in [0.5, 0.6) is 0 Å². The Morgan fingerprint density at radius 2 is 1.69 bits per heavy atom. The quantitative estimate of drug-likeness (QED) is 0.618. The van der Waals surface area contributed by atoms with Crippen molar-refractivity contribution < 1.29 is 8.42 Å². The number of rotatable bonds is 4. The highest BCUT2D eigenvalue weighted by molar-refractivity contribution is 9.10. The number of halogens is 1. The highest BCUT2D eigenvalue weighted by atomic mass is 79.9. The lowest BCUT2D eigenvalue weighted by atomic mass is 10.1. The molecule has 0 amide bonds. The fraction of sp³-hybridized carbons (Fsp3) is 0.273. The molecule has 4 rings (SSSR count). The lowest BCUT2D eigenvalue weighted by Gasteiger charge is -2.31. The van der Waals surface area contributed by atoms with Gasteiger partial charge in [-0.25, -0.2) is 8.42 Å². The van der Waals surface area contributed by atoms with Crippen LogP contribution >= 0.6 is 15.9 Å². The van der Waals surface area contributed by atoms with Crippen LogP contribution in [0.25, 0.3) is 10.8 Å². The summed E-state index contributed by atoms with van der Waals surface area (Å²) in [7, 11) is -2.05. The van der Waals surface area contributed by atoms with Gasteiger partial charge in [-0.2, -0.15) is 0 Å². The highest BCUT2D eigenvalue weighted by Crippen LogP contribution is 2.36. The van der Waals surface area contributed by atoms with Crippen LogP contribution in [0.3, 0.4) is 0 Å². The summed E-state index contributed by atoms with van der Waals surface area (Å²) in [5.74, 6) is 0. The number of piperazine rings is 1. The van der Waals surface area contributed by atoms with Crippen LogP contribution in [0.1, 0.15) is 5.56 Å². The van der Waals surface area contributed by atoms with Crippen LogP contribution in [0.4, 0.5) is 11.4 Å². The molecule has 0 atom stereocenters. The van der Waals surface area contributed by atoms with Crippen molar-refractivity contribution in [1.29, 1.82) is 0 Å². The van der Waals surface area contributed by atoms with Crippen LogP contribution in [-0.2, 0) is 10.0 Å². The first kappa shape index (κ1) is 20.2. The molecule has 3 aromatic carbocycles. The van der Waals surface area contributed by atoms with Gasteiger partial charge < -0.3 is 10.2 Å². The van der Waals surface area contributed by atoms with Gasteiger partial charge in [0.2, 0.25) is 0 Å². The molecule has 0 saturated carbocycles. The number of nitrogens with zero attached hydrogens (tertiary/aromatic N) is 2. The van der Waals surface area contributed by atoms with Crippen molar-refractivity contribution in [1.82, 2.24) is 5.32 Å². The molecule has 1 heterocycles. The van der Waals surface area contributed by atoms with Gasteiger partial charge in [0.25, 0.3) is 10.0 Å². The lowest BCUT2D eigenvalue weighted by Crippen LogP contribution is -2.43. The number of hydrogen-bond donors (Lipinski definition) is 1. The van der Waals surface area contributed by atoms with E-state index in [1.807, 2.05) is 43.3 Å². The molecule has 0 spiro atoms. The normalized spacial score (nSPS) is 14.9. The summed E-state index contributed by atoms with van der Waals surface area (Å²) in [4.78, 5) is 2.68. The number of hydrogen-bond acceptors (Lipinski definition) is 4. The van der Waals surface area contributed by atoms with Gasteiger partial charge in [0.1, 0.15) is 0 Å². The van der Waals surface area contributed by atoms with E-state index in [-0.39, 0.29) is 0 Å². The zero-order valence-corrected chi connectivity index (χ0v) is 18.9. The maximum atomic E-state index is 13.4. The van der Waals surface area contributed by atoms with Crippen LogP contribution in [0.15, 0.2) is 64.0 Å². The lowest BCUT2D eigenvalue weighted by molar-refractivity contribution is 0.590. The summed E-state index contributed by atoms with van der Waals surface area (Å²) >= 11 is 3.41. The first-order chi connectivity index (χ1) is 13.9. The molecular formula is C22H24BrN3O2S. The van der Waals surface area contributed by atoms with Gasteiger partial charge in [0, 0.05) is 54.2 Å². The van der Waals surface area contributed by atoms with Crippen LogP contribution < -0.4 is 14.5 Å². The summed E-state index contributed by atoms with van der Waals surface area (Å²) in [6.07, 6.45) is 0. The second-order valence-electron chi connectivity index (χ2n) is 7.27. The molecule has 29 heavy (non-hydrogen) atoms. The summed E-state index contributed by atoms with van der Waals surface area (Å²) in [6, 6.07) is 17.2. The molecule has 0 bridgehead atoms. The molecule has 1 aliphatic rings. The van der Waals surface area contributed by atoms with Crippen molar-refractivity contribution in [2.75, 3.05) is 42.4 Å². The molecule has 1 N–H and O–H groups in total. The smallest absolute Gasteiger partial charge is 0.264 e. The number of fused-ring (bicyclic) bond motifs is 1. The van der Waals surface area contributed by atoms with Gasteiger partial charge in [-0.1, -0.05) is 40.2 Å². The molecule has 0 radical (unpaired) electrons. The molecule has 0 aliphatic carbocycles. The third kappa shape index (κ3) is 3.74. The minimum absolute atomic E-state index is 0.318. The van der Waals surface area contributed by atoms with Crippen molar-refractivity contribution in [2.45, 2.75) is 11.8 Å². The van der Waals surface area contributed by atoms with Crippen LogP contribution in [-0.4, -0.2) is 41.6 Å². The molecule has 1 saturated heterocycles. The van der Waals surface area contributed by atoms with E-state index >= 15 is 0 Å². The summed E-state index contributed by atoms with van der Waals surface area (Å²) in [6.45, 7) is 5.60. The van der Waals surface area contributed by atoms with E-state index in [9.17, 15) is 8.42 Å². The fourth-order valence-corrected chi connectivity index (χ4v) is 5.80. The Morgan fingerprint density at radius 3 is 2.38 bits per heavy atom. The van der Waals surface area contributed by atoms with Gasteiger partial charge in [0.05, 0.1) is 10.6 Å². The minimum Gasteiger partial charge on any atom is -0.368 e. The van der Waals surface area contributed by atoms with E-state index in [0.29, 0.717) is 16.1 Å². The molecule has 1 fully saturated rings. The monoisotopic (exact) mass is 473 g/mol. The topological polar surface area (TPSA) is 52.7 Å². The standard InChI is InChI=1S/C22H24BrN3O2S/c1-16-15-17(23)7-10-22(16)29(27,28)25(2)20-8-9-21(26-13-11-24-12-14-26)19-6-4-3-5-18(19)20/h3-10,15,24H,11-14H2,1-2H3. The van der Waals surface area contributed by atoms with Crippen molar-refractivity contribution >= 4 is 48.1 Å². The molecule has 0 unspecified atom stereocenters. The van der Waals surface area contributed by atoms with Gasteiger partial charge in [0.15, 0.2) is 0 Å². The first-order valence-corrected chi connectivity index (χ1v) is 11.9. The van der Waals surface area contributed by atoms with Crippen LogP contribution in [0.2, 0.25) is 0 Å². The Balaban J connectivity index is 1.81. The SMILES string of the molecule is Cc1cc(Br)ccc1S(=O)(=O)N(C)c1ccc(N2CCNCC2)c2ccccc12. The summed E-state index contributed by atoms with van der Waals surface area (Å²) < 4.78 is 29.0. The van der Waals surface area contributed by atoms with Crippen molar-refractivity contribution in [3.8, 4) is 0 Å². The average Bonchev–Trinajstić information content (AvgIpc) is 2.72. The van der Waals surface area contributed by atoms with E-state index in [0.717, 1.165) is 47.1 Å². The molecule has 5 nitrogen and oxygen atoms in total. The number of benzene rings is 3. The Bertz CT molecular complexity index is 1160.